The number of halogens is 1. The summed E-state index contributed by atoms with van der Waals surface area (Å²) >= 11 is 6.07. The predicted octanol–water partition coefficient (Wildman–Crippen LogP) is 6.07. The van der Waals surface area contributed by atoms with Crippen LogP contribution < -0.4 is 4.90 Å². The number of carbonyl (C=O) groups is 2. The molecule has 6 aliphatic rings. The number of hydrogen-bond donors (Lipinski definition) is 0. The predicted molar refractivity (Wildman–Crippen MR) is 202 cm³/mol. The molecule has 272 valence electrons. The molecule has 0 unspecified atom stereocenters. The maximum Gasteiger partial charge on any atom is 0.179 e. The van der Waals surface area contributed by atoms with Gasteiger partial charge in [0.1, 0.15) is 34.3 Å². The maximum absolute atomic E-state index is 12.7. The lowest BCUT2D eigenvalue weighted by Crippen LogP contribution is -2.43. The van der Waals surface area contributed by atoms with Gasteiger partial charge < -0.3 is 19.6 Å². The van der Waals surface area contributed by atoms with Crippen LogP contribution in [0.4, 0.5) is 5.82 Å². The van der Waals surface area contributed by atoms with Crippen molar-refractivity contribution in [3.8, 4) is 12.1 Å². The molecule has 4 fully saturated rings. The summed E-state index contributed by atoms with van der Waals surface area (Å²) in [5.74, 6) is 0.708. The molecule has 11 heteroatoms. The molecule has 0 aromatic carbocycles. The quantitative estimate of drug-likeness (QED) is 0.326. The molecule has 4 heterocycles. The van der Waals surface area contributed by atoms with E-state index in [1.54, 1.807) is 12.3 Å². The van der Waals surface area contributed by atoms with E-state index in [0.29, 0.717) is 21.6 Å². The largest absolute Gasteiger partial charge is 0.370 e. The summed E-state index contributed by atoms with van der Waals surface area (Å²) in [4.78, 5) is 42.5. The van der Waals surface area contributed by atoms with Crippen LogP contribution in [0.3, 0.4) is 0 Å². The Labute approximate surface area is 312 Å². The molecule has 0 atom stereocenters. The summed E-state index contributed by atoms with van der Waals surface area (Å²) in [5, 5.41) is 19.7. The summed E-state index contributed by atoms with van der Waals surface area (Å²) in [6.45, 7) is 5.49. The van der Waals surface area contributed by atoms with Crippen molar-refractivity contribution in [3.63, 3.8) is 0 Å². The number of carbonyl (C=O) groups excluding carboxylic acids is 2. The Bertz CT molecular complexity index is 1890. The SMILES string of the molecule is CN(C)CCN(C)c1cc2c(cn1)CC(=O)C(C#N)=C2N1CCC2(CCC2)CC1.N#CC1=C(N2CCC3(CCC3)CC2)c2cc(Cl)ncc2CC1=O. The summed E-state index contributed by atoms with van der Waals surface area (Å²) in [7, 11) is 6.16. The lowest BCUT2D eigenvalue weighted by atomic mass is 9.63. The zero-order valence-electron chi connectivity index (χ0n) is 30.8. The third-order valence-electron chi connectivity index (χ3n) is 12.8. The number of hydrogen-bond acceptors (Lipinski definition) is 10. The van der Waals surface area contributed by atoms with Gasteiger partial charge in [-0.15, -0.1) is 0 Å². The molecular formula is C41H49ClN8O2. The number of aromatic nitrogens is 2. The van der Waals surface area contributed by atoms with Gasteiger partial charge in [-0.2, -0.15) is 10.5 Å². The van der Waals surface area contributed by atoms with Crippen molar-refractivity contribution >= 4 is 40.4 Å². The summed E-state index contributed by atoms with van der Waals surface area (Å²) in [6.07, 6.45) is 16.7. The molecule has 0 N–H and O–H groups in total. The van der Waals surface area contributed by atoms with Crippen molar-refractivity contribution in [2.45, 2.75) is 77.0 Å². The minimum absolute atomic E-state index is 0.0746. The van der Waals surface area contributed by atoms with Gasteiger partial charge in [0.25, 0.3) is 0 Å². The molecule has 0 radical (unpaired) electrons. The molecule has 2 saturated heterocycles. The number of allylic oxidation sites excluding steroid dienone is 2. The van der Waals surface area contributed by atoms with Crippen molar-refractivity contribution in [2.24, 2.45) is 10.8 Å². The van der Waals surface area contributed by atoms with Gasteiger partial charge >= 0.3 is 0 Å². The fourth-order valence-electron chi connectivity index (χ4n) is 9.03. The molecular weight excluding hydrogens is 672 g/mol. The second-order valence-corrected chi connectivity index (χ2v) is 16.5. The van der Waals surface area contributed by atoms with Crippen LogP contribution in [0.25, 0.3) is 11.4 Å². The Hall–Kier alpha value is -4.25. The van der Waals surface area contributed by atoms with Gasteiger partial charge in [-0.1, -0.05) is 24.4 Å². The van der Waals surface area contributed by atoms with Gasteiger partial charge in [-0.3, -0.25) is 9.59 Å². The summed E-state index contributed by atoms with van der Waals surface area (Å²) in [6, 6.07) is 8.24. The smallest absolute Gasteiger partial charge is 0.179 e. The van der Waals surface area contributed by atoms with E-state index >= 15 is 0 Å². The zero-order chi connectivity index (χ0) is 36.6. The molecule has 0 amide bonds. The van der Waals surface area contributed by atoms with E-state index < -0.39 is 0 Å². The Morgan fingerprint density at radius 3 is 1.60 bits per heavy atom. The fourth-order valence-corrected chi connectivity index (χ4v) is 9.19. The van der Waals surface area contributed by atoms with Crippen LogP contribution >= 0.6 is 11.6 Å². The van der Waals surface area contributed by atoms with Crippen LogP contribution in [0.2, 0.25) is 5.15 Å². The number of piperidine rings is 2. The highest BCUT2D eigenvalue weighted by molar-refractivity contribution is 6.29. The highest BCUT2D eigenvalue weighted by Crippen LogP contribution is 2.51. The molecule has 52 heavy (non-hydrogen) atoms. The molecule has 2 saturated carbocycles. The first kappa shape index (κ1) is 36.1. The molecule has 8 rings (SSSR count). The van der Waals surface area contributed by atoms with Crippen LogP contribution in [-0.2, 0) is 22.4 Å². The van der Waals surface area contributed by atoms with Crippen LogP contribution in [0.15, 0.2) is 35.7 Å². The lowest BCUT2D eigenvalue weighted by Gasteiger charge is -2.49. The minimum Gasteiger partial charge on any atom is -0.370 e. The fraction of sp³-hybridized carbons (Fsp3) is 0.561. The second-order valence-electron chi connectivity index (χ2n) is 16.1. The number of Topliss-reactive ketones (excluding diaryl/α,β-unsaturated/α-hetero) is 2. The number of nitrogens with zero attached hydrogens (tertiary/aromatic N) is 8. The molecule has 10 nitrogen and oxygen atoms in total. The maximum atomic E-state index is 12.7. The zero-order valence-corrected chi connectivity index (χ0v) is 31.6. The summed E-state index contributed by atoms with van der Waals surface area (Å²) < 4.78 is 0. The normalized spacial score (nSPS) is 21.4. The third-order valence-corrected chi connectivity index (χ3v) is 13.0. The van der Waals surface area contributed by atoms with Crippen molar-refractivity contribution < 1.29 is 9.59 Å². The average Bonchev–Trinajstić information content (AvgIpc) is 3.12. The van der Waals surface area contributed by atoms with Crippen molar-refractivity contribution in [1.82, 2.24) is 24.7 Å². The highest BCUT2D eigenvalue weighted by atomic mass is 35.5. The molecule has 2 spiro atoms. The third kappa shape index (κ3) is 6.96. The Balaban J connectivity index is 0.000000166. The van der Waals surface area contributed by atoms with Gasteiger partial charge in [0.2, 0.25) is 0 Å². The van der Waals surface area contributed by atoms with Gasteiger partial charge in [-0.05, 0) is 99.6 Å². The number of likely N-dealkylation sites (N-methyl/N-ethyl adjacent to an activating group) is 2. The topological polar surface area (TPSA) is 120 Å². The molecule has 4 aliphatic carbocycles. The number of fused-ring (bicyclic) bond motifs is 2. The van der Waals surface area contributed by atoms with Crippen molar-refractivity contribution in [2.75, 3.05) is 65.3 Å². The molecule has 0 bridgehead atoms. The molecule has 2 aromatic rings. The van der Waals surface area contributed by atoms with E-state index in [2.05, 4.69) is 61.9 Å². The number of likely N-dealkylation sites (tertiary alicyclic amines) is 2. The van der Waals surface area contributed by atoms with Crippen LogP contribution in [0.1, 0.15) is 86.5 Å². The van der Waals surface area contributed by atoms with Gasteiger partial charge in [-0.25, -0.2) is 9.97 Å². The van der Waals surface area contributed by atoms with Crippen molar-refractivity contribution in [1.29, 1.82) is 10.5 Å². The average molecular weight is 721 g/mol. The second kappa shape index (κ2) is 14.6. The summed E-state index contributed by atoms with van der Waals surface area (Å²) in [5.41, 5.74) is 7.03. The van der Waals surface area contributed by atoms with Gasteiger partial charge in [0.05, 0.1) is 11.4 Å². The number of nitriles is 2. The molecule has 2 aliphatic heterocycles. The van der Waals surface area contributed by atoms with E-state index in [0.717, 1.165) is 91.6 Å². The van der Waals surface area contributed by atoms with E-state index in [1.165, 1.54) is 51.4 Å². The highest BCUT2D eigenvalue weighted by Gasteiger charge is 2.43. The first-order valence-electron chi connectivity index (χ1n) is 18.9. The monoisotopic (exact) mass is 720 g/mol. The van der Waals surface area contributed by atoms with Crippen LogP contribution in [0.5, 0.6) is 0 Å². The van der Waals surface area contributed by atoms with E-state index in [9.17, 15) is 20.1 Å². The molecule has 2 aromatic heterocycles. The van der Waals surface area contributed by atoms with E-state index in [4.69, 9.17) is 11.6 Å². The lowest BCUT2D eigenvalue weighted by molar-refractivity contribution is -0.115. The minimum atomic E-state index is -0.108. The Morgan fingerprint density at radius 1 is 0.712 bits per heavy atom. The number of rotatable bonds is 6. The van der Waals surface area contributed by atoms with Crippen molar-refractivity contribution in [3.05, 3.63) is 63.1 Å². The Morgan fingerprint density at radius 2 is 1.17 bits per heavy atom. The van der Waals surface area contributed by atoms with E-state index in [1.807, 2.05) is 13.2 Å². The number of ketones is 2. The Kier molecular flexibility index (Phi) is 10.2. The van der Waals surface area contributed by atoms with E-state index in [-0.39, 0.29) is 30.0 Å². The number of anilines is 1. The standard InChI is InChI=1S/C23H31N5O.C18H18ClN3O/c1-26(2)11-12-27(3)21-14-18-17(16-25-21)13-20(29)19(15-24)22(18)28-9-7-23(8-10-28)5-4-6-23;19-16-9-13-12(11-21-16)8-15(23)14(10-20)17(13)22-6-4-18(5-7-22)2-1-3-18/h14,16H,4-13H2,1-3H3;9,11H,1-8H2. The first-order valence-corrected chi connectivity index (χ1v) is 19.3. The number of pyridine rings is 2. The first-order chi connectivity index (χ1) is 25.0. The van der Waals surface area contributed by atoms with Gasteiger partial charge in [0.15, 0.2) is 11.6 Å². The van der Waals surface area contributed by atoms with Crippen LogP contribution in [-0.4, -0.2) is 96.6 Å². The van der Waals surface area contributed by atoms with Crippen LogP contribution in [0, 0.1) is 33.5 Å². The van der Waals surface area contributed by atoms with Gasteiger partial charge in [0, 0.05) is 82.7 Å².